The van der Waals surface area contributed by atoms with E-state index in [1.807, 2.05) is 0 Å². The van der Waals surface area contributed by atoms with Gasteiger partial charge in [-0.15, -0.1) is 0 Å². The molecule has 1 aromatic carbocycles. The van der Waals surface area contributed by atoms with Crippen molar-refractivity contribution in [2.45, 2.75) is 38.6 Å². The van der Waals surface area contributed by atoms with Crippen LogP contribution < -0.4 is 11.1 Å². The molecule has 1 aromatic rings. The molecule has 0 radical (unpaired) electrons. The lowest BCUT2D eigenvalue weighted by Gasteiger charge is -2.27. The van der Waals surface area contributed by atoms with E-state index in [-0.39, 0.29) is 11.9 Å². The van der Waals surface area contributed by atoms with Crippen LogP contribution in [0.4, 0.5) is 5.69 Å². The second kappa shape index (κ2) is 5.61. The summed E-state index contributed by atoms with van der Waals surface area (Å²) in [6.07, 6.45) is 4.47. The maximum atomic E-state index is 12.1. The lowest BCUT2D eigenvalue weighted by atomic mass is 9.87. The first-order valence-corrected chi connectivity index (χ1v) is 6.80. The van der Waals surface area contributed by atoms with Crippen LogP contribution in [0.3, 0.4) is 0 Å². The van der Waals surface area contributed by atoms with E-state index in [0.29, 0.717) is 16.3 Å². The number of halogens is 1. The SMILES string of the molecule is CC1CCC(NC(=O)c2ccc(N)cc2Cl)CC1. The van der Waals surface area contributed by atoms with Gasteiger partial charge in [0.05, 0.1) is 10.6 Å². The van der Waals surface area contributed by atoms with Crippen molar-refractivity contribution in [3.05, 3.63) is 28.8 Å². The zero-order valence-corrected chi connectivity index (χ0v) is 11.3. The molecule has 0 heterocycles. The number of hydrogen-bond acceptors (Lipinski definition) is 2. The molecule has 98 valence electrons. The molecule has 4 heteroatoms. The van der Waals surface area contributed by atoms with Crippen LogP contribution in [0, 0.1) is 5.92 Å². The second-order valence-corrected chi connectivity index (χ2v) is 5.58. The molecule has 0 aliphatic heterocycles. The average Bonchev–Trinajstić information content (AvgIpc) is 2.32. The van der Waals surface area contributed by atoms with E-state index in [4.69, 9.17) is 17.3 Å². The van der Waals surface area contributed by atoms with Gasteiger partial charge in [0.2, 0.25) is 0 Å². The smallest absolute Gasteiger partial charge is 0.253 e. The molecule has 0 saturated heterocycles. The van der Waals surface area contributed by atoms with Crippen molar-refractivity contribution in [2.24, 2.45) is 5.92 Å². The summed E-state index contributed by atoms with van der Waals surface area (Å²) in [6.45, 7) is 2.26. The number of nitrogens with two attached hydrogens (primary N) is 1. The summed E-state index contributed by atoms with van der Waals surface area (Å²) in [7, 11) is 0. The second-order valence-electron chi connectivity index (χ2n) is 5.17. The van der Waals surface area contributed by atoms with Crippen LogP contribution >= 0.6 is 11.6 Å². The van der Waals surface area contributed by atoms with Gasteiger partial charge < -0.3 is 11.1 Å². The first-order valence-electron chi connectivity index (χ1n) is 6.42. The fraction of sp³-hybridized carbons (Fsp3) is 0.500. The third-order valence-electron chi connectivity index (χ3n) is 3.59. The van der Waals surface area contributed by atoms with E-state index in [2.05, 4.69) is 12.2 Å². The van der Waals surface area contributed by atoms with Crippen LogP contribution in [-0.2, 0) is 0 Å². The number of benzene rings is 1. The minimum absolute atomic E-state index is 0.0976. The van der Waals surface area contributed by atoms with Crippen molar-refractivity contribution in [3.8, 4) is 0 Å². The Bertz CT molecular complexity index is 439. The summed E-state index contributed by atoms with van der Waals surface area (Å²) in [4.78, 5) is 12.1. The average molecular weight is 267 g/mol. The Hall–Kier alpha value is -1.22. The van der Waals surface area contributed by atoms with Crippen LogP contribution in [0.5, 0.6) is 0 Å². The van der Waals surface area contributed by atoms with E-state index in [0.717, 1.165) is 18.8 Å². The van der Waals surface area contributed by atoms with Crippen molar-refractivity contribution in [3.63, 3.8) is 0 Å². The molecular formula is C14H19ClN2O. The molecule has 1 amide bonds. The number of carbonyl (C=O) groups is 1. The van der Waals surface area contributed by atoms with Gasteiger partial charge in [-0.25, -0.2) is 0 Å². The summed E-state index contributed by atoms with van der Waals surface area (Å²) in [5.41, 5.74) is 6.69. The monoisotopic (exact) mass is 266 g/mol. The highest BCUT2D eigenvalue weighted by molar-refractivity contribution is 6.34. The molecular weight excluding hydrogens is 248 g/mol. The molecule has 1 fully saturated rings. The Kier molecular flexibility index (Phi) is 4.12. The number of anilines is 1. The number of rotatable bonds is 2. The molecule has 1 aliphatic carbocycles. The molecule has 0 aromatic heterocycles. The summed E-state index contributed by atoms with van der Waals surface area (Å²) in [6, 6.07) is 5.27. The van der Waals surface area contributed by atoms with E-state index in [1.54, 1.807) is 18.2 Å². The Labute approximate surface area is 113 Å². The fourth-order valence-corrected chi connectivity index (χ4v) is 2.66. The van der Waals surface area contributed by atoms with Gasteiger partial charge in [0.1, 0.15) is 0 Å². The Morgan fingerprint density at radius 2 is 2.00 bits per heavy atom. The molecule has 2 rings (SSSR count). The maximum absolute atomic E-state index is 12.1. The molecule has 3 nitrogen and oxygen atoms in total. The molecule has 0 spiro atoms. The number of nitrogen functional groups attached to an aromatic ring is 1. The summed E-state index contributed by atoms with van der Waals surface area (Å²) in [5.74, 6) is 0.679. The minimum Gasteiger partial charge on any atom is -0.399 e. The zero-order valence-electron chi connectivity index (χ0n) is 10.6. The lowest BCUT2D eigenvalue weighted by Crippen LogP contribution is -2.37. The highest BCUT2D eigenvalue weighted by Crippen LogP contribution is 2.24. The molecule has 0 unspecified atom stereocenters. The standard InChI is InChI=1S/C14H19ClN2O/c1-9-2-5-11(6-3-9)17-14(18)12-7-4-10(16)8-13(12)15/h4,7-9,11H,2-3,5-6,16H2,1H3,(H,17,18). The van der Waals surface area contributed by atoms with E-state index in [9.17, 15) is 4.79 Å². The predicted octanol–water partition coefficient (Wildman–Crippen LogP) is 3.23. The maximum Gasteiger partial charge on any atom is 0.253 e. The van der Waals surface area contributed by atoms with Gasteiger partial charge in [-0.2, -0.15) is 0 Å². The van der Waals surface area contributed by atoms with Gasteiger partial charge in [-0.05, 0) is 49.8 Å². The molecule has 1 aliphatic rings. The Morgan fingerprint density at radius 1 is 1.33 bits per heavy atom. The van der Waals surface area contributed by atoms with Crippen molar-refractivity contribution < 1.29 is 4.79 Å². The van der Waals surface area contributed by atoms with E-state index >= 15 is 0 Å². The lowest BCUT2D eigenvalue weighted by molar-refractivity contribution is 0.0923. The van der Waals surface area contributed by atoms with Crippen LogP contribution in [0.25, 0.3) is 0 Å². The van der Waals surface area contributed by atoms with Gasteiger partial charge in [-0.1, -0.05) is 18.5 Å². The molecule has 18 heavy (non-hydrogen) atoms. The molecule has 0 bridgehead atoms. The van der Waals surface area contributed by atoms with Crippen molar-refractivity contribution in [1.82, 2.24) is 5.32 Å². The van der Waals surface area contributed by atoms with Crippen LogP contribution in [0.1, 0.15) is 43.0 Å². The first kappa shape index (κ1) is 13.2. The molecule has 0 atom stereocenters. The summed E-state index contributed by atoms with van der Waals surface area (Å²) in [5, 5.41) is 3.47. The predicted molar refractivity (Wildman–Crippen MR) is 74.8 cm³/mol. The minimum atomic E-state index is -0.0976. The van der Waals surface area contributed by atoms with Crippen LogP contribution in [-0.4, -0.2) is 11.9 Å². The number of carbonyl (C=O) groups excluding carboxylic acids is 1. The first-order chi connectivity index (χ1) is 8.56. The quantitative estimate of drug-likeness (QED) is 0.808. The van der Waals surface area contributed by atoms with Gasteiger partial charge in [-0.3, -0.25) is 4.79 Å². The summed E-state index contributed by atoms with van der Waals surface area (Å²) >= 11 is 6.02. The van der Waals surface area contributed by atoms with Gasteiger partial charge in [0, 0.05) is 11.7 Å². The van der Waals surface area contributed by atoms with Crippen molar-refractivity contribution >= 4 is 23.2 Å². The number of nitrogens with one attached hydrogen (secondary N) is 1. The fourth-order valence-electron chi connectivity index (χ4n) is 2.38. The zero-order chi connectivity index (χ0) is 13.1. The third-order valence-corrected chi connectivity index (χ3v) is 3.90. The van der Waals surface area contributed by atoms with Crippen LogP contribution in [0.2, 0.25) is 5.02 Å². The van der Waals surface area contributed by atoms with Crippen LogP contribution in [0.15, 0.2) is 18.2 Å². The van der Waals surface area contributed by atoms with Gasteiger partial charge >= 0.3 is 0 Å². The largest absolute Gasteiger partial charge is 0.399 e. The highest BCUT2D eigenvalue weighted by Gasteiger charge is 2.21. The topological polar surface area (TPSA) is 55.1 Å². The van der Waals surface area contributed by atoms with Crippen molar-refractivity contribution in [2.75, 3.05) is 5.73 Å². The van der Waals surface area contributed by atoms with Crippen molar-refractivity contribution in [1.29, 1.82) is 0 Å². The highest BCUT2D eigenvalue weighted by atomic mass is 35.5. The molecule has 1 saturated carbocycles. The molecule has 3 N–H and O–H groups in total. The van der Waals surface area contributed by atoms with Gasteiger partial charge in [0.25, 0.3) is 5.91 Å². The number of amides is 1. The third kappa shape index (κ3) is 3.16. The van der Waals surface area contributed by atoms with E-state index in [1.165, 1.54) is 12.8 Å². The Morgan fingerprint density at radius 3 is 2.61 bits per heavy atom. The van der Waals surface area contributed by atoms with E-state index < -0.39 is 0 Å². The van der Waals surface area contributed by atoms with Gasteiger partial charge in [0.15, 0.2) is 0 Å². The summed E-state index contributed by atoms with van der Waals surface area (Å²) < 4.78 is 0. The number of hydrogen-bond donors (Lipinski definition) is 2. The Balaban J connectivity index is 1.99. The normalized spacial score (nSPS) is 23.7.